The summed E-state index contributed by atoms with van der Waals surface area (Å²) in [6, 6.07) is 0.562. The van der Waals surface area contributed by atoms with Crippen molar-refractivity contribution in [3.05, 3.63) is 12.4 Å². The molecule has 0 spiro atoms. The molecule has 1 aliphatic rings. The van der Waals surface area contributed by atoms with Crippen LogP contribution in [-0.4, -0.2) is 70.6 Å². The number of likely N-dealkylation sites (tertiary alicyclic amines) is 1. The number of nitrogens with zero attached hydrogens (tertiary/aromatic N) is 4. The first-order chi connectivity index (χ1) is 9.04. The molecular formula is C13H25N5O. The minimum Gasteiger partial charge on any atom is -0.396 e. The number of nitrogen functional groups attached to an aromatic ring is 1. The highest BCUT2D eigenvalue weighted by atomic mass is 16.3. The lowest BCUT2D eigenvalue weighted by molar-refractivity contribution is 0.0830. The predicted octanol–water partition coefficient (Wildman–Crippen LogP) is -0.148. The van der Waals surface area contributed by atoms with E-state index in [1.165, 1.54) is 12.8 Å². The zero-order valence-corrected chi connectivity index (χ0v) is 11.9. The predicted molar refractivity (Wildman–Crippen MR) is 75.8 cm³/mol. The fourth-order valence-electron chi connectivity index (χ4n) is 2.79. The third kappa shape index (κ3) is 4.19. The maximum atomic E-state index is 10.2. The van der Waals surface area contributed by atoms with Crippen LogP contribution in [0.3, 0.4) is 0 Å². The number of anilines is 1. The maximum Gasteiger partial charge on any atom is 0.0862 e. The number of β-amino-alcohol motifs (C(OH)–C–C–N with tert-alkyl or cyclic N) is 1. The zero-order valence-electron chi connectivity index (χ0n) is 11.9. The summed E-state index contributed by atoms with van der Waals surface area (Å²) in [5, 5.41) is 14.3. The summed E-state index contributed by atoms with van der Waals surface area (Å²) in [4.78, 5) is 4.60. The van der Waals surface area contributed by atoms with Crippen molar-refractivity contribution in [2.24, 2.45) is 0 Å². The van der Waals surface area contributed by atoms with E-state index in [2.05, 4.69) is 29.0 Å². The normalized spacial score (nSPS) is 22.2. The summed E-state index contributed by atoms with van der Waals surface area (Å²) < 4.78 is 1.71. The fraction of sp³-hybridized carbons (Fsp3) is 0.769. The molecule has 0 radical (unpaired) electrons. The van der Waals surface area contributed by atoms with E-state index in [1.54, 1.807) is 17.1 Å². The Labute approximate surface area is 114 Å². The Bertz CT molecular complexity index is 392. The molecular weight excluding hydrogens is 242 g/mol. The van der Waals surface area contributed by atoms with Crippen LogP contribution in [0.5, 0.6) is 0 Å². The van der Waals surface area contributed by atoms with E-state index >= 15 is 0 Å². The molecule has 1 aliphatic heterocycles. The molecule has 0 aromatic carbocycles. The largest absolute Gasteiger partial charge is 0.396 e. The van der Waals surface area contributed by atoms with Gasteiger partial charge in [0.2, 0.25) is 0 Å². The van der Waals surface area contributed by atoms with E-state index in [4.69, 9.17) is 5.73 Å². The zero-order chi connectivity index (χ0) is 13.8. The summed E-state index contributed by atoms with van der Waals surface area (Å²) in [6.07, 6.45) is 5.41. The molecule has 2 atom stereocenters. The van der Waals surface area contributed by atoms with Gasteiger partial charge in [0.15, 0.2) is 0 Å². The van der Waals surface area contributed by atoms with Crippen LogP contribution in [0.15, 0.2) is 12.4 Å². The Morgan fingerprint density at radius 2 is 2.32 bits per heavy atom. The molecule has 6 heteroatoms. The Morgan fingerprint density at radius 3 is 2.95 bits per heavy atom. The average Bonchev–Trinajstić information content (AvgIpc) is 2.88. The number of aromatic nitrogens is 2. The van der Waals surface area contributed by atoms with Gasteiger partial charge in [0, 0.05) is 25.3 Å². The molecule has 0 bridgehead atoms. The minimum absolute atomic E-state index is 0.401. The van der Waals surface area contributed by atoms with Crippen LogP contribution in [-0.2, 0) is 6.54 Å². The third-order valence-corrected chi connectivity index (χ3v) is 3.57. The van der Waals surface area contributed by atoms with Crippen LogP contribution in [0.1, 0.15) is 12.8 Å². The second-order valence-electron chi connectivity index (χ2n) is 5.70. The highest BCUT2D eigenvalue weighted by Crippen LogP contribution is 2.18. The van der Waals surface area contributed by atoms with Crippen LogP contribution in [0.25, 0.3) is 0 Å². The molecule has 108 valence electrons. The lowest BCUT2D eigenvalue weighted by Crippen LogP contribution is -2.42. The van der Waals surface area contributed by atoms with E-state index in [0.29, 0.717) is 24.8 Å². The van der Waals surface area contributed by atoms with Crippen LogP contribution >= 0.6 is 0 Å². The Morgan fingerprint density at radius 1 is 1.53 bits per heavy atom. The van der Waals surface area contributed by atoms with Crippen molar-refractivity contribution < 1.29 is 5.11 Å². The van der Waals surface area contributed by atoms with Crippen LogP contribution in [0.2, 0.25) is 0 Å². The Hall–Kier alpha value is -1.11. The van der Waals surface area contributed by atoms with E-state index < -0.39 is 6.10 Å². The van der Waals surface area contributed by atoms with Crippen LogP contribution in [0.4, 0.5) is 5.69 Å². The highest BCUT2D eigenvalue weighted by Gasteiger charge is 2.26. The molecule has 6 nitrogen and oxygen atoms in total. The molecule has 19 heavy (non-hydrogen) atoms. The maximum absolute atomic E-state index is 10.2. The van der Waals surface area contributed by atoms with Gasteiger partial charge in [0.05, 0.1) is 24.5 Å². The molecule has 1 aromatic heterocycles. The standard InChI is InChI=1S/C13H25N5O/c1-16(2)8-12-4-3-5-17(12)9-13(19)10-18-7-11(14)6-15-18/h6-7,12-13,19H,3-5,8-10,14H2,1-2H3. The van der Waals surface area contributed by atoms with E-state index in [0.717, 1.165) is 13.1 Å². The second kappa shape index (κ2) is 6.36. The molecule has 1 aromatic rings. The first-order valence-corrected chi connectivity index (χ1v) is 6.89. The average molecular weight is 267 g/mol. The van der Waals surface area contributed by atoms with E-state index in [9.17, 15) is 5.11 Å². The third-order valence-electron chi connectivity index (χ3n) is 3.57. The van der Waals surface area contributed by atoms with E-state index in [1.807, 2.05) is 0 Å². The molecule has 1 saturated heterocycles. The van der Waals surface area contributed by atoms with Crippen molar-refractivity contribution in [3.8, 4) is 0 Å². The molecule has 2 rings (SSSR count). The number of likely N-dealkylation sites (N-methyl/N-ethyl adjacent to an activating group) is 1. The molecule has 3 N–H and O–H groups in total. The van der Waals surface area contributed by atoms with Gasteiger partial charge in [-0.05, 0) is 33.5 Å². The summed E-state index contributed by atoms with van der Waals surface area (Å²) in [5.74, 6) is 0. The highest BCUT2D eigenvalue weighted by molar-refractivity contribution is 5.30. The number of aliphatic hydroxyl groups is 1. The van der Waals surface area contributed by atoms with Gasteiger partial charge < -0.3 is 15.7 Å². The lowest BCUT2D eigenvalue weighted by Gasteiger charge is -2.28. The molecule has 1 fully saturated rings. The SMILES string of the molecule is CN(C)CC1CCCN1CC(O)Cn1cc(N)cn1. The van der Waals surface area contributed by atoms with Crippen molar-refractivity contribution in [3.63, 3.8) is 0 Å². The molecule has 0 aliphatic carbocycles. The molecule has 0 saturated carbocycles. The van der Waals surface area contributed by atoms with Crippen molar-refractivity contribution in [1.29, 1.82) is 0 Å². The number of aliphatic hydroxyl groups excluding tert-OH is 1. The molecule has 2 heterocycles. The first kappa shape index (κ1) is 14.3. The van der Waals surface area contributed by atoms with Crippen molar-refractivity contribution in [2.45, 2.75) is 31.5 Å². The van der Waals surface area contributed by atoms with Crippen LogP contribution in [0, 0.1) is 0 Å². The summed E-state index contributed by atoms with van der Waals surface area (Å²) >= 11 is 0. The summed E-state index contributed by atoms with van der Waals surface area (Å²) in [5.41, 5.74) is 6.25. The van der Waals surface area contributed by atoms with Gasteiger partial charge in [-0.15, -0.1) is 0 Å². The van der Waals surface area contributed by atoms with Crippen LogP contribution < -0.4 is 5.73 Å². The quantitative estimate of drug-likeness (QED) is 0.750. The molecule has 0 amide bonds. The minimum atomic E-state index is -0.401. The Kier molecular flexibility index (Phi) is 4.79. The smallest absolute Gasteiger partial charge is 0.0862 e. The topological polar surface area (TPSA) is 70.5 Å². The Balaban J connectivity index is 1.82. The lowest BCUT2D eigenvalue weighted by atomic mass is 10.2. The second-order valence-corrected chi connectivity index (χ2v) is 5.70. The summed E-state index contributed by atoms with van der Waals surface area (Å²) in [6.45, 7) is 3.35. The van der Waals surface area contributed by atoms with Gasteiger partial charge in [-0.1, -0.05) is 0 Å². The van der Waals surface area contributed by atoms with Crippen molar-refractivity contribution >= 4 is 5.69 Å². The van der Waals surface area contributed by atoms with E-state index in [-0.39, 0.29) is 0 Å². The van der Waals surface area contributed by atoms with Crippen molar-refractivity contribution in [1.82, 2.24) is 19.6 Å². The number of hydrogen-bond donors (Lipinski definition) is 2. The number of rotatable bonds is 6. The summed E-state index contributed by atoms with van der Waals surface area (Å²) in [7, 11) is 4.19. The van der Waals surface area contributed by atoms with Gasteiger partial charge in [-0.25, -0.2) is 0 Å². The van der Waals surface area contributed by atoms with Crippen molar-refractivity contribution in [2.75, 3.05) is 39.5 Å². The first-order valence-electron chi connectivity index (χ1n) is 6.89. The van der Waals surface area contributed by atoms with Gasteiger partial charge in [-0.2, -0.15) is 5.10 Å². The fourth-order valence-corrected chi connectivity index (χ4v) is 2.79. The van der Waals surface area contributed by atoms with Gasteiger partial charge >= 0.3 is 0 Å². The number of hydrogen-bond acceptors (Lipinski definition) is 5. The monoisotopic (exact) mass is 267 g/mol. The van der Waals surface area contributed by atoms with Gasteiger partial charge in [0.25, 0.3) is 0 Å². The molecule has 2 unspecified atom stereocenters. The number of nitrogens with two attached hydrogens (primary N) is 1. The van der Waals surface area contributed by atoms with Gasteiger partial charge in [0.1, 0.15) is 0 Å². The van der Waals surface area contributed by atoms with Gasteiger partial charge in [-0.3, -0.25) is 9.58 Å².